The number of benzene rings is 3. The second kappa shape index (κ2) is 10.4. The van der Waals surface area contributed by atoms with Crippen LogP contribution in [0.1, 0.15) is 17.2 Å². The zero-order valence-corrected chi connectivity index (χ0v) is 20.7. The fraction of sp³-hybridized carbons (Fsp3) is 0.280. The van der Waals surface area contributed by atoms with Gasteiger partial charge in [0.05, 0.1) is 9.79 Å². The Morgan fingerprint density at radius 2 is 1.29 bits per heavy atom. The molecule has 1 saturated heterocycles. The molecule has 0 spiro atoms. The highest BCUT2D eigenvalue weighted by molar-refractivity contribution is 7.89. The van der Waals surface area contributed by atoms with E-state index in [4.69, 9.17) is 0 Å². The highest BCUT2D eigenvalue weighted by atomic mass is 32.2. The van der Waals surface area contributed by atoms with Gasteiger partial charge in [0, 0.05) is 38.8 Å². The predicted octanol–water partition coefficient (Wildman–Crippen LogP) is 3.02. The molecule has 3 aromatic carbocycles. The van der Waals surface area contributed by atoms with Crippen LogP contribution in [0.15, 0.2) is 94.7 Å². The van der Waals surface area contributed by atoms with Crippen molar-refractivity contribution in [1.29, 1.82) is 0 Å². The maximum atomic E-state index is 13.1. The van der Waals surface area contributed by atoms with Crippen molar-refractivity contribution in [3.05, 3.63) is 96.1 Å². The molecule has 1 aliphatic heterocycles. The Hall–Kier alpha value is -2.56. The van der Waals surface area contributed by atoms with Crippen molar-refractivity contribution in [1.82, 2.24) is 13.9 Å². The van der Waals surface area contributed by atoms with Crippen LogP contribution >= 0.6 is 0 Å². The average Bonchev–Trinajstić information content (AvgIpc) is 2.86. The third-order valence-corrected chi connectivity index (χ3v) is 9.43. The van der Waals surface area contributed by atoms with Gasteiger partial charge in [-0.25, -0.2) is 21.6 Å². The van der Waals surface area contributed by atoms with Gasteiger partial charge in [-0.15, -0.1) is 0 Å². The summed E-state index contributed by atoms with van der Waals surface area (Å²) in [6.45, 7) is 3.78. The second-order valence-corrected chi connectivity index (χ2v) is 12.0. The zero-order valence-electron chi connectivity index (χ0n) is 19.0. The summed E-state index contributed by atoms with van der Waals surface area (Å²) in [6.07, 6.45) is 0. The molecule has 180 valence electrons. The first-order valence-electron chi connectivity index (χ1n) is 11.2. The maximum Gasteiger partial charge on any atom is 0.243 e. The standard InChI is InChI=1S/C25H29N3O4S2/c1-21-12-14-24(15-13-21)34(31,32)28-18-16-27(17-19-28)25(22-8-4-2-5-9-22)20-26-33(29,30)23-10-6-3-7-11-23/h2-15,25-26H,16-20H2,1H3. The molecule has 4 rings (SSSR count). The van der Waals surface area contributed by atoms with Crippen LogP contribution in [-0.4, -0.2) is 58.8 Å². The third kappa shape index (κ3) is 5.56. The van der Waals surface area contributed by atoms with E-state index in [-0.39, 0.29) is 17.5 Å². The van der Waals surface area contributed by atoms with E-state index >= 15 is 0 Å². The first-order chi connectivity index (χ1) is 16.3. The van der Waals surface area contributed by atoms with Gasteiger partial charge in [0.15, 0.2) is 0 Å². The molecule has 0 bridgehead atoms. The van der Waals surface area contributed by atoms with Crippen LogP contribution < -0.4 is 4.72 Å². The molecule has 0 saturated carbocycles. The van der Waals surface area contributed by atoms with Crippen LogP contribution in [0.4, 0.5) is 0 Å². The molecular weight excluding hydrogens is 470 g/mol. The van der Waals surface area contributed by atoms with Crippen molar-refractivity contribution in [2.45, 2.75) is 22.8 Å². The molecule has 1 aliphatic rings. The molecule has 1 atom stereocenters. The van der Waals surface area contributed by atoms with Gasteiger partial charge in [-0.2, -0.15) is 4.31 Å². The lowest BCUT2D eigenvalue weighted by Gasteiger charge is -2.39. The molecule has 1 heterocycles. The van der Waals surface area contributed by atoms with Crippen molar-refractivity contribution >= 4 is 20.0 Å². The lowest BCUT2D eigenvalue weighted by atomic mass is 10.0. The van der Waals surface area contributed by atoms with Crippen molar-refractivity contribution < 1.29 is 16.8 Å². The highest BCUT2D eigenvalue weighted by Crippen LogP contribution is 2.25. The summed E-state index contributed by atoms with van der Waals surface area (Å²) in [5, 5.41) is 0. The quantitative estimate of drug-likeness (QED) is 0.515. The van der Waals surface area contributed by atoms with E-state index in [1.807, 2.05) is 37.3 Å². The number of rotatable bonds is 8. The summed E-state index contributed by atoms with van der Waals surface area (Å²) in [5.41, 5.74) is 1.99. The summed E-state index contributed by atoms with van der Waals surface area (Å²) in [6, 6.07) is 24.6. The van der Waals surface area contributed by atoms with Crippen molar-refractivity contribution in [2.24, 2.45) is 0 Å². The van der Waals surface area contributed by atoms with Gasteiger partial charge < -0.3 is 0 Å². The summed E-state index contributed by atoms with van der Waals surface area (Å²) < 4.78 is 56.0. The van der Waals surface area contributed by atoms with Crippen molar-refractivity contribution in [3.63, 3.8) is 0 Å². The average molecular weight is 500 g/mol. The van der Waals surface area contributed by atoms with E-state index in [1.165, 1.54) is 4.31 Å². The van der Waals surface area contributed by atoms with Gasteiger partial charge in [-0.05, 0) is 36.8 Å². The minimum absolute atomic E-state index is 0.186. The number of sulfonamides is 2. The first-order valence-corrected chi connectivity index (χ1v) is 14.1. The van der Waals surface area contributed by atoms with E-state index in [0.717, 1.165) is 11.1 Å². The minimum Gasteiger partial charge on any atom is -0.292 e. The molecule has 0 aromatic heterocycles. The smallest absolute Gasteiger partial charge is 0.243 e. The van der Waals surface area contributed by atoms with E-state index in [1.54, 1.807) is 54.6 Å². The summed E-state index contributed by atoms with van der Waals surface area (Å²) in [7, 11) is -7.23. The van der Waals surface area contributed by atoms with E-state index < -0.39 is 20.0 Å². The van der Waals surface area contributed by atoms with Crippen LogP contribution in [0.3, 0.4) is 0 Å². The normalized spacial score (nSPS) is 16.9. The molecule has 1 unspecified atom stereocenters. The number of aryl methyl sites for hydroxylation is 1. The molecule has 0 aliphatic carbocycles. The van der Waals surface area contributed by atoms with Gasteiger partial charge in [0.1, 0.15) is 0 Å². The zero-order chi connectivity index (χ0) is 24.2. The molecule has 7 nitrogen and oxygen atoms in total. The summed E-state index contributed by atoms with van der Waals surface area (Å²) in [4.78, 5) is 2.65. The van der Waals surface area contributed by atoms with Crippen molar-refractivity contribution in [3.8, 4) is 0 Å². The van der Waals surface area contributed by atoms with Crippen LogP contribution in [0.2, 0.25) is 0 Å². The Morgan fingerprint density at radius 1 is 0.735 bits per heavy atom. The van der Waals surface area contributed by atoms with Crippen LogP contribution in [0.25, 0.3) is 0 Å². The maximum absolute atomic E-state index is 13.1. The fourth-order valence-corrected chi connectivity index (χ4v) is 6.60. The lowest BCUT2D eigenvalue weighted by molar-refractivity contribution is 0.138. The number of piperazine rings is 1. The Balaban J connectivity index is 1.48. The fourth-order valence-electron chi connectivity index (χ4n) is 4.12. The Labute approximate surface area is 202 Å². The van der Waals surface area contributed by atoms with E-state index in [9.17, 15) is 16.8 Å². The predicted molar refractivity (Wildman–Crippen MR) is 132 cm³/mol. The highest BCUT2D eigenvalue weighted by Gasteiger charge is 2.32. The molecule has 0 amide bonds. The van der Waals surface area contributed by atoms with Gasteiger partial charge in [0.2, 0.25) is 20.0 Å². The Bertz CT molecular complexity index is 1290. The topological polar surface area (TPSA) is 86.8 Å². The number of hydrogen-bond acceptors (Lipinski definition) is 5. The molecular formula is C25H29N3O4S2. The van der Waals surface area contributed by atoms with Crippen LogP contribution in [0.5, 0.6) is 0 Å². The van der Waals surface area contributed by atoms with Gasteiger partial charge >= 0.3 is 0 Å². The summed E-state index contributed by atoms with van der Waals surface area (Å²) in [5.74, 6) is 0. The molecule has 3 aromatic rings. The summed E-state index contributed by atoms with van der Waals surface area (Å²) >= 11 is 0. The van der Waals surface area contributed by atoms with Crippen molar-refractivity contribution in [2.75, 3.05) is 32.7 Å². The number of hydrogen-bond donors (Lipinski definition) is 1. The lowest BCUT2D eigenvalue weighted by Crippen LogP contribution is -2.51. The Kier molecular flexibility index (Phi) is 7.49. The SMILES string of the molecule is Cc1ccc(S(=O)(=O)N2CCN(C(CNS(=O)(=O)c3ccccc3)c3ccccc3)CC2)cc1. The van der Waals surface area contributed by atoms with Gasteiger partial charge in [0.25, 0.3) is 0 Å². The first kappa shape index (κ1) is 24.6. The van der Waals surface area contributed by atoms with Gasteiger partial charge in [-0.1, -0.05) is 66.2 Å². The Morgan fingerprint density at radius 3 is 1.88 bits per heavy atom. The van der Waals surface area contributed by atoms with Crippen LogP contribution in [0, 0.1) is 6.92 Å². The molecule has 0 radical (unpaired) electrons. The number of nitrogens with zero attached hydrogens (tertiary/aromatic N) is 2. The van der Waals surface area contributed by atoms with E-state index in [2.05, 4.69) is 9.62 Å². The number of nitrogens with one attached hydrogen (secondary N) is 1. The van der Waals surface area contributed by atoms with Crippen LogP contribution in [-0.2, 0) is 20.0 Å². The largest absolute Gasteiger partial charge is 0.292 e. The van der Waals surface area contributed by atoms with E-state index in [0.29, 0.717) is 31.1 Å². The molecule has 1 N–H and O–H groups in total. The van der Waals surface area contributed by atoms with Gasteiger partial charge in [-0.3, -0.25) is 4.90 Å². The third-order valence-electron chi connectivity index (χ3n) is 6.08. The minimum atomic E-state index is -3.66. The second-order valence-electron chi connectivity index (χ2n) is 8.34. The molecule has 9 heteroatoms. The monoisotopic (exact) mass is 499 g/mol. The molecule has 34 heavy (non-hydrogen) atoms. The molecule has 1 fully saturated rings.